The van der Waals surface area contributed by atoms with Gasteiger partial charge in [0.1, 0.15) is 5.82 Å². The van der Waals surface area contributed by atoms with E-state index in [1.807, 2.05) is 17.0 Å². The SMILES string of the molecule is NCCC(=O)N1CCO[C@@H](CCc2ccnc(N)c2)C1. The van der Waals surface area contributed by atoms with Crippen molar-refractivity contribution in [1.29, 1.82) is 0 Å². The fourth-order valence-electron chi connectivity index (χ4n) is 2.38. The quantitative estimate of drug-likeness (QED) is 0.801. The Labute approximate surface area is 119 Å². The van der Waals surface area contributed by atoms with Gasteiger partial charge >= 0.3 is 0 Å². The van der Waals surface area contributed by atoms with Gasteiger partial charge in [-0.1, -0.05) is 0 Å². The fourth-order valence-corrected chi connectivity index (χ4v) is 2.38. The largest absolute Gasteiger partial charge is 0.384 e. The molecule has 1 amide bonds. The number of ether oxygens (including phenoxy) is 1. The smallest absolute Gasteiger partial charge is 0.224 e. The van der Waals surface area contributed by atoms with E-state index in [1.54, 1.807) is 6.20 Å². The lowest BCUT2D eigenvalue weighted by Crippen LogP contribution is -2.46. The number of hydrogen-bond donors (Lipinski definition) is 2. The second-order valence-electron chi connectivity index (χ2n) is 5.00. The van der Waals surface area contributed by atoms with E-state index in [9.17, 15) is 4.79 Å². The summed E-state index contributed by atoms with van der Waals surface area (Å²) in [7, 11) is 0. The average molecular weight is 278 g/mol. The third-order valence-electron chi connectivity index (χ3n) is 3.45. The molecule has 2 heterocycles. The van der Waals surface area contributed by atoms with Crippen molar-refractivity contribution in [1.82, 2.24) is 9.88 Å². The van der Waals surface area contributed by atoms with E-state index in [0.29, 0.717) is 38.5 Å². The number of amides is 1. The van der Waals surface area contributed by atoms with E-state index in [0.717, 1.165) is 18.4 Å². The Hall–Kier alpha value is -1.66. The van der Waals surface area contributed by atoms with Gasteiger partial charge in [-0.25, -0.2) is 4.98 Å². The second-order valence-corrected chi connectivity index (χ2v) is 5.00. The molecule has 0 aliphatic carbocycles. The summed E-state index contributed by atoms with van der Waals surface area (Å²) in [6.07, 6.45) is 3.95. The maximum Gasteiger partial charge on any atom is 0.224 e. The number of nitrogen functional groups attached to an aromatic ring is 1. The van der Waals surface area contributed by atoms with Crippen molar-refractivity contribution in [2.24, 2.45) is 5.73 Å². The molecule has 6 heteroatoms. The summed E-state index contributed by atoms with van der Waals surface area (Å²) in [6.45, 7) is 2.31. The van der Waals surface area contributed by atoms with Gasteiger partial charge in [-0.3, -0.25) is 4.79 Å². The topological polar surface area (TPSA) is 94.5 Å². The van der Waals surface area contributed by atoms with Crippen LogP contribution < -0.4 is 11.5 Å². The summed E-state index contributed by atoms with van der Waals surface area (Å²) in [6, 6.07) is 3.83. The first-order chi connectivity index (χ1) is 9.69. The Kier molecular flexibility index (Phi) is 5.31. The zero-order valence-electron chi connectivity index (χ0n) is 11.6. The number of morpholine rings is 1. The van der Waals surface area contributed by atoms with Crippen LogP contribution in [0, 0.1) is 0 Å². The van der Waals surface area contributed by atoms with Crippen molar-refractivity contribution in [2.45, 2.75) is 25.4 Å². The molecule has 0 spiro atoms. The van der Waals surface area contributed by atoms with E-state index in [4.69, 9.17) is 16.2 Å². The standard InChI is InChI=1S/C14H22N4O2/c15-5-3-14(19)18-7-8-20-12(10-18)2-1-11-4-6-17-13(16)9-11/h4,6,9,12H,1-3,5,7-8,10,15H2,(H2,16,17)/t12-/m0/s1. The maximum atomic E-state index is 11.8. The lowest BCUT2D eigenvalue weighted by atomic mass is 10.1. The highest BCUT2D eigenvalue weighted by molar-refractivity contribution is 5.76. The van der Waals surface area contributed by atoms with Crippen LogP contribution in [0.2, 0.25) is 0 Å². The molecule has 1 saturated heterocycles. The molecule has 1 aliphatic rings. The molecule has 6 nitrogen and oxygen atoms in total. The molecule has 1 atom stereocenters. The molecule has 0 radical (unpaired) electrons. The van der Waals surface area contributed by atoms with Crippen LogP contribution >= 0.6 is 0 Å². The van der Waals surface area contributed by atoms with Gasteiger partial charge in [0.05, 0.1) is 12.7 Å². The molecule has 1 fully saturated rings. The minimum atomic E-state index is 0.0832. The molecule has 1 aromatic heterocycles. The number of aryl methyl sites for hydroxylation is 1. The number of carbonyl (C=O) groups is 1. The van der Waals surface area contributed by atoms with Crippen molar-refractivity contribution < 1.29 is 9.53 Å². The van der Waals surface area contributed by atoms with Gasteiger partial charge in [-0.05, 0) is 30.5 Å². The van der Waals surface area contributed by atoms with Gasteiger partial charge in [0.25, 0.3) is 0 Å². The lowest BCUT2D eigenvalue weighted by Gasteiger charge is -2.33. The van der Waals surface area contributed by atoms with Crippen molar-refractivity contribution >= 4 is 11.7 Å². The minimum absolute atomic E-state index is 0.0832. The molecule has 4 N–H and O–H groups in total. The first-order valence-electron chi connectivity index (χ1n) is 6.99. The Bertz CT molecular complexity index is 453. The van der Waals surface area contributed by atoms with Gasteiger partial charge < -0.3 is 21.1 Å². The Morgan fingerprint density at radius 3 is 3.15 bits per heavy atom. The molecule has 20 heavy (non-hydrogen) atoms. The highest BCUT2D eigenvalue weighted by Crippen LogP contribution is 2.14. The van der Waals surface area contributed by atoms with Gasteiger partial charge in [0, 0.05) is 32.3 Å². The van der Waals surface area contributed by atoms with Gasteiger partial charge in [0.2, 0.25) is 5.91 Å². The van der Waals surface area contributed by atoms with Crippen molar-refractivity contribution in [3.63, 3.8) is 0 Å². The van der Waals surface area contributed by atoms with E-state index in [1.165, 1.54) is 0 Å². The van der Waals surface area contributed by atoms with E-state index < -0.39 is 0 Å². The first kappa shape index (κ1) is 14.7. The van der Waals surface area contributed by atoms with Crippen molar-refractivity contribution in [3.05, 3.63) is 23.9 Å². The van der Waals surface area contributed by atoms with E-state index >= 15 is 0 Å². The van der Waals surface area contributed by atoms with Crippen LogP contribution in [0.15, 0.2) is 18.3 Å². The number of pyridine rings is 1. The van der Waals surface area contributed by atoms with Gasteiger partial charge in [-0.15, -0.1) is 0 Å². The number of nitrogens with zero attached hydrogens (tertiary/aromatic N) is 2. The Balaban J connectivity index is 1.82. The third kappa shape index (κ3) is 4.18. The normalized spacial score (nSPS) is 19.1. The van der Waals surface area contributed by atoms with Crippen LogP contribution in [0.3, 0.4) is 0 Å². The highest BCUT2D eigenvalue weighted by atomic mass is 16.5. The van der Waals surface area contributed by atoms with Crippen LogP contribution in [0.4, 0.5) is 5.82 Å². The molecule has 1 aromatic rings. The lowest BCUT2D eigenvalue weighted by molar-refractivity contribution is -0.138. The second kappa shape index (κ2) is 7.21. The Morgan fingerprint density at radius 1 is 1.55 bits per heavy atom. The molecule has 1 aliphatic heterocycles. The number of carbonyl (C=O) groups excluding carboxylic acids is 1. The summed E-state index contributed by atoms with van der Waals surface area (Å²) in [5, 5.41) is 0. The van der Waals surface area contributed by atoms with E-state index in [-0.39, 0.29) is 12.0 Å². The minimum Gasteiger partial charge on any atom is -0.384 e. The number of hydrogen-bond acceptors (Lipinski definition) is 5. The maximum absolute atomic E-state index is 11.8. The fraction of sp³-hybridized carbons (Fsp3) is 0.571. The number of anilines is 1. The molecule has 0 saturated carbocycles. The van der Waals surface area contributed by atoms with Crippen molar-refractivity contribution in [3.8, 4) is 0 Å². The molecule has 0 bridgehead atoms. The summed E-state index contributed by atoms with van der Waals surface area (Å²) in [4.78, 5) is 17.6. The van der Waals surface area contributed by atoms with Gasteiger partial charge in [-0.2, -0.15) is 0 Å². The molecule has 110 valence electrons. The predicted octanol–water partition coefficient (Wildman–Crippen LogP) is 0.173. The van der Waals surface area contributed by atoms with Crippen LogP contribution in [0.25, 0.3) is 0 Å². The average Bonchev–Trinajstić information content (AvgIpc) is 2.46. The molecule has 0 unspecified atom stereocenters. The Morgan fingerprint density at radius 2 is 2.40 bits per heavy atom. The zero-order chi connectivity index (χ0) is 14.4. The molecule has 0 aromatic carbocycles. The zero-order valence-corrected chi connectivity index (χ0v) is 11.6. The first-order valence-corrected chi connectivity index (χ1v) is 6.99. The molecule has 2 rings (SSSR count). The van der Waals surface area contributed by atoms with Crippen LogP contribution in [0.1, 0.15) is 18.4 Å². The molecular formula is C14H22N4O2. The van der Waals surface area contributed by atoms with Crippen LogP contribution in [0.5, 0.6) is 0 Å². The summed E-state index contributed by atoms with van der Waals surface area (Å²) < 4.78 is 5.72. The summed E-state index contributed by atoms with van der Waals surface area (Å²) in [5.41, 5.74) is 12.2. The highest BCUT2D eigenvalue weighted by Gasteiger charge is 2.23. The number of aromatic nitrogens is 1. The van der Waals surface area contributed by atoms with Crippen LogP contribution in [-0.2, 0) is 16.0 Å². The predicted molar refractivity (Wildman–Crippen MR) is 77.0 cm³/mol. The van der Waals surface area contributed by atoms with Crippen molar-refractivity contribution in [2.75, 3.05) is 32.0 Å². The number of rotatable bonds is 5. The van der Waals surface area contributed by atoms with E-state index in [2.05, 4.69) is 4.98 Å². The summed E-state index contributed by atoms with van der Waals surface area (Å²) in [5.74, 6) is 0.653. The van der Waals surface area contributed by atoms with Gasteiger partial charge in [0.15, 0.2) is 0 Å². The summed E-state index contributed by atoms with van der Waals surface area (Å²) >= 11 is 0. The monoisotopic (exact) mass is 278 g/mol. The number of nitrogens with two attached hydrogens (primary N) is 2. The third-order valence-corrected chi connectivity index (χ3v) is 3.45. The molecular weight excluding hydrogens is 256 g/mol. The van der Waals surface area contributed by atoms with Crippen LogP contribution in [-0.4, -0.2) is 48.1 Å².